The van der Waals surface area contributed by atoms with E-state index in [-0.39, 0.29) is 22.4 Å². The van der Waals surface area contributed by atoms with E-state index >= 15 is 0 Å². The van der Waals surface area contributed by atoms with Crippen LogP contribution in [0.2, 0.25) is 0 Å². The van der Waals surface area contributed by atoms with Crippen molar-refractivity contribution in [2.45, 2.75) is 13.0 Å². The number of halogens is 1. The minimum Gasteiger partial charge on any atom is -0.494 e. The Hall–Kier alpha value is -3.55. The zero-order valence-corrected chi connectivity index (χ0v) is 15.1. The molecular weight excluding hydrogens is 369 g/mol. The lowest BCUT2D eigenvalue weighted by molar-refractivity contribution is -0.146. The number of nitrogens with zero attached hydrogens (tertiary/aromatic N) is 1. The second kappa shape index (κ2) is 7.59. The zero-order chi connectivity index (χ0) is 20.4. The first-order valence-electron chi connectivity index (χ1n) is 8.35. The van der Waals surface area contributed by atoms with Crippen molar-refractivity contribution in [3.63, 3.8) is 0 Å². The Labute approximate surface area is 159 Å². The number of Topliss-reactive ketones (excluding diaryl/α,β-unsaturated/α-hetero) is 1. The summed E-state index contributed by atoms with van der Waals surface area (Å²) in [5, 5.41) is 0. The molecule has 2 aromatic carbocycles. The summed E-state index contributed by atoms with van der Waals surface area (Å²) in [4.78, 5) is 50.0. The van der Waals surface area contributed by atoms with Gasteiger partial charge in [0.2, 0.25) is 0 Å². The number of hydrogen-bond acceptors (Lipinski definition) is 6. The summed E-state index contributed by atoms with van der Waals surface area (Å²) in [6.07, 6.45) is 0. The minimum absolute atomic E-state index is 0.000478. The highest BCUT2D eigenvalue weighted by Crippen LogP contribution is 2.25. The predicted octanol–water partition coefficient (Wildman–Crippen LogP) is 2.24. The van der Waals surface area contributed by atoms with Gasteiger partial charge in [-0.2, -0.15) is 0 Å². The van der Waals surface area contributed by atoms with Gasteiger partial charge in [0, 0.05) is 5.56 Å². The van der Waals surface area contributed by atoms with Gasteiger partial charge in [0.1, 0.15) is 6.04 Å². The van der Waals surface area contributed by atoms with E-state index in [1.54, 1.807) is 12.1 Å². The van der Waals surface area contributed by atoms with Crippen LogP contribution in [0.1, 0.15) is 38.0 Å². The molecule has 0 bridgehead atoms. The normalized spacial score (nSPS) is 13.9. The number of rotatable bonds is 6. The largest absolute Gasteiger partial charge is 0.494 e. The van der Waals surface area contributed by atoms with Crippen LogP contribution >= 0.6 is 0 Å². The molecule has 1 heterocycles. The van der Waals surface area contributed by atoms with Crippen LogP contribution in [0.3, 0.4) is 0 Å². The first kappa shape index (κ1) is 19.2. The maximum atomic E-state index is 13.7. The van der Waals surface area contributed by atoms with Gasteiger partial charge in [-0.25, -0.2) is 9.18 Å². The van der Waals surface area contributed by atoms with Crippen LogP contribution in [-0.2, 0) is 9.53 Å². The van der Waals surface area contributed by atoms with Gasteiger partial charge in [-0.1, -0.05) is 12.1 Å². The van der Waals surface area contributed by atoms with Crippen LogP contribution in [0, 0.1) is 5.82 Å². The number of amides is 2. The lowest BCUT2D eigenvalue weighted by Gasteiger charge is -2.20. The van der Waals surface area contributed by atoms with Crippen LogP contribution in [0.25, 0.3) is 0 Å². The maximum absolute atomic E-state index is 13.7. The second-order valence-corrected chi connectivity index (χ2v) is 6.08. The SMILES string of the molecule is COc1ccc(C(=O)COC(=O)[C@H](C)N2C(=O)c3ccccc3C2=O)cc1F. The van der Waals surface area contributed by atoms with E-state index in [9.17, 15) is 23.6 Å². The zero-order valence-electron chi connectivity index (χ0n) is 15.1. The number of benzene rings is 2. The molecule has 7 nitrogen and oxygen atoms in total. The Morgan fingerprint density at radius 3 is 2.21 bits per heavy atom. The van der Waals surface area contributed by atoms with Gasteiger partial charge < -0.3 is 9.47 Å². The minimum atomic E-state index is -1.21. The van der Waals surface area contributed by atoms with Gasteiger partial charge in [0.05, 0.1) is 18.2 Å². The number of hydrogen-bond donors (Lipinski definition) is 0. The summed E-state index contributed by atoms with van der Waals surface area (Å²) in [6.45, 7) is 0.680. The van der Waals surface area contributed by atoms with Crippen LogP contribution in [0.4, 0.5) is 4.39 Å². The molecule has 1 atom stereocenters. The molecule has 1 aliphatic heterocycles. The molecule has 2 amide bonds. The average Bonchev–Trinajstić information content (AvgIpc) is 2.96. The Bertz CT molecular complexity index is 951. The van der Waals surface area contributed by atoms with E-state index in [2.05, 4.69) is 0 Å². The third kappa shape index (κ3) is 3.36. The van der Waals surface area contributed by atoms with Crippen molar-refractivity contribution in [3.05, 3.63) is 65.0 Å². The Morgan fingerprint density at radius 2 is 1.68 bits per heavy atom. The quantitative estimate of drug-likeness (QED) is 0.430. The van der Waals surface area contributed by atoms with Gasteiger partial charge >= 0.3 is 5.97 Å². The summed E-state index contributed by atoms with van der Waals surface area (Å²) in [7, 11) is 1.29. The highest BCUT2D eigenvalue weighted by atomic mass is 19.1. The Balaban J connectivity index is 1.65. The molecule has 8 heteroatoms. The van der Waals surface area contributed by atoms with Gasteiger partial charge in [-0.05, 0) is 37.3 Å². The molecule has 0 saturated heterocycles. The van der Waals surface area contributed by atoms with Gasteiger partial charge in [-0.3, -0.25) is 19.3 Å². The fourth-order valence-electron chi connectivity index (χ4n) is 2.85. The van der Waals surface area contributed by atoms with Crippen LogP contribution in [0.5, 0.6) is 5.75 Å². The predicted molar refractivity (Wildman–Crippen MR) is 94.6 cm³/mol. The molecule has 3 rings (SSSR count). The summed E-state index contributed by atoms with van der Waals surface area (Å²) in [5.41, 5.74) is 0.411. The fraction of sp³-hybridized carbons (Fsp3) is 0.200. The number of ether oxygens (including phenoxy) is 2. The number of methoxy groups -OCH3 is 1. The number of imide groups is 1. The monoisotopic (exact) mass is 385 g/mol. The molecule has 0 aromatic heterocycles. The van der Waals surface area contributed by atoms with Crippen LogP contribution < -0.4 is 4.74 Å². The van der Waals surface area contributed by atoms with Crippen molar-refractivity contribution in [3.8, 4) is 5.75 Å². The number of carbonyl (C=O) groups is 4. The van der Waals surface area contributed by atoms with E-state index in [1.165, 1.54) is 38.3 Å². The van der Waals surface area contributed by atoms with E-state index in [0.29, 0.717) is 0 Å². The summed E-state index contributed by atoms with van der Waals surface area (Å²) < 4.78 is 23.4. The molecule has 0 N–H and O–H groups in total. The molecule has 0 spiro atoms. The lowest BCUT2D eigenvalue weighted by Crippen LogP contribution is -2.44. The van der Waals surface area contributed by atoms with E-state index in [0.717, 1.165) is 11.0 Å². The number of fused-ring (bicyclic) bond motifs is 1. The third-order valence-electron chi connectivity index (χ3n) is 4.37. The Morgan fingerprint density at radius 1 is 1.07 bits per heavy atom. The molecule has 0 saturated carbocycles. The molecular formula is C20H16FNO6. The van der Waals surface area contributed by atoms with E-state index in [1.807, 2.05) is 0 Å². The van der Waals surface area contributed by atoms with Gasteiger partial charge in [-0.15, -0.1) is 0 Å². The first-order valence-corrected chi connectivity index (χ1v) is 8.35. The topological polar surface area (TPSA) is 90.0 Å². The van der Waals surface area contributed by atoms with Crippen molar-refractivity contribution in [2.75, 3.05) is 13.7 Å². The molecule has 0 unspecified atom stereocenters. The Kier molecular flexibility index (Phi) is 5.21. The summed E-state index contributed by atoms with van der Waals surface area (Å²) in [6, 6.07) is 8.60. The van der Waals surface area contributed by atoms with Crippen molar-refractivity contribution >= 4 is 23.6 Å². The average molecular weight is 385 g/mol. The van der Waals surface area contributed by atoms with E-state index in [4.69, 9.17) is 9.47 Å². The maximum Gasteiger partial charge on any atom is 0.329 e. The fourth-order valence-corrected chi connectivity index (χ4v) is 2.85. The van der Waals surface area contributed by atoms with E-state index < -0.39 is 42.0 Å². The van der Waals surface area contributed by atoms with Crippen LogP contribution in [-0.4, -0.2) is 48.2 Å². The smallest absolute Gasteiger partial charge is 0.329 e. The number of esters is 1. The van der Waals surface area contributed by atoms with Crippen molar-refractivity contribution < 1.29 is 33.0 Å². The molecule has 1 aliphatic rings. The van der Waals surface area contributed by atoms with Gasteiger partial charge in [0.15, 0.2) is 24.0 Å². The molecule has 0 aliphatic carbocycles. The molecule has 2 aromatic rings. The molecule has 28 heavy (non-hydrogen) atoms. The van der Waals surface area contributed by atoms with Crippen molar-refractivity contribution in [1.82, 2.24) is 4.90 Å². The lowest BCUT2D eigenvalue weighted by atomic mass is 10.1. The molecule has 0 fully saturated rings. The molecule has 0 radical (unpaired) electrons. The van der Waals surface area contributed by atoms with Crippen molar-refractivity contribution in [2.24, 2.45) is 0 Å². The summed E-state index contributed by atoms with van der Waals surface area (Å²) in [5.74, 6) is -3.50. The molecule has 144 valence electrons. The second-order valence-electron chi connectivity index (χ2n) is 6.08. The van der Waals surface area contributed by atoms with Crippen molar-refractivity contribution in [1.29, 1.82) is 0 Å². The third-order valence-corrected chi connectivity index (χ3v) is 4.37. The number of carbonyl (C=O) groups excluding carboxylic acids is 4. The highest BCUT2D eigenvalue weighted by molar-refractivity contribution is 6.22. The van der Waals surface area contributed by atoms with Crippen LogP contribution in [0.15, 0.2) is 42.5 Å². The summed E-state index contributed by atoms with van der Waals surface area (Å²) >= 11 is 0. The first-order chi connectivity index (χ1) is 13.3. The number of ketones is 1. The standard InChI is InChI=1S/C20H16FNO6/c1-11(22-18(24)13-5-3-4-6-14(13)19(22)25)20(26)28-10-16(23)12-7-8-17(27-2)15(21)9-12/h3-9,11H,10H2,1-2H3/t11-/m0/s1. The highest BCUT2D eigenvalue weighted by Gasteiger charge is 2.41. The van der Waals surface area contributed by atoms with Gasteiger partial charge in [0.25, 0.3) is 11.8 Å².